The van der Waals surface area contributed by atoms with Crippen LogP contribution in [0.5, 0.6) is 0 Å². The number of nitrogens with one attached hydrogen (secondary N) is 1. The van der Waals surface area contributed by atoms with E-state index in [1.165, 1.54) is 23.6 Å². The molecule has 124 valence electrons. The molecule has 3 rings (SSSR count). The third-order valence-corrected chi connectivity index (χ3v) is 4.76. The van der Waals surface area contributed by atoms with Crippen molar-refractivity contribution in [2.75, 3.05) is 26.7 Å². The number of aromatic amines is 1. The van der Waals surface area contributed by atoms with Crippen molar-refractivity contribution in [1.82, 2.24) is 9.88 Å². The molecule has 0 unspecified atom stereocenters. The fraction of sp³-hybridized carbons (Fsp3) is 0.500. The molecule has 1 aliphatic rings. The molecule has 0 spiro atoms. The first-order valence-corrected chi connectivity index (χ1v) is 8.22. The molecule has 1 fully saturated rings. The van der Waals surface area contributed by atoms with Crippen LogP contribution in [0.1, 0.15) is 18.4 Å². The molecular weight excluding hydrogens is 292 g/mol. The van der Waals surface area contributed by atoms with Crippen LogP contribution >= 0.6 is 0 Å². The first kappa shape index (κ1) is 16.0. The number of carbonyl (C=O) groups excluding carboxylic acids is 1. The quantitative estimate of drug-likeness (QED) is 0.828. The second-order valence-corrected chi connectivity index (χ2v) is 6.25. The van der Waals surface area contributed by atoms with Crippen molar-refractivity contribution in [3.63, 3.8) is 0 Å². The number of aromatic nitrogens is 1. The van der Waals surface area contributed by atoms with Crippen LogP contribution in [-0.4, -0.2) is 53.8 Å². The first-order chi connectivity index (χ1) is 11.2. The summed E-state index contributed by atoms with van der Waals surface area (Å²) >= 11 is 0. The molecule has 2 N–H and O–H groups in total. The number of fused-ring (bicyclic) bond motifs is 1. The maximum Gasteiger partial charge on any atom is 0.312 e. The summed E-state index contributed by atoms with van der Waals surface area (Å²) in [6.07, 6.45) is 4.18. The third kappa shape index (κ3) is 3.57. The Hall–Kier alpha value is -1.85. The first-order valence-electron chi connectivity index (χ1n) is 8.22. The molecule has 23 heavy (non-hydrogen) atoms. The smallest absolute Gasteiger partial charge is 0.312 e. The molecule has 0 saturated carbocycles. The Balaban J connectivity index is 1.53. The van der Waals surface area contributed by atoms with Crippen LogP contribution in [0.3, 0.4) is 0 Å². The third-order valence-electron chi connectivity index (χ3n) is 4.76. The number of ether oxygens (including phenoxy) is 1. The average molecular weight is 316 g/mol. The van der Waals surface area contributed by atoms with Gasteiger partial charge in [0.2, 0.25) is 0 Å². The van der Waals surface area contributed by atoms with Crippen molar-refractivity contribution in [3.8, 4) is 0 Å². The lowest BCUT2D eigenvalue weighted by Crippen LogP contribution is -2.47. The van der Waals surface area contributed by atoms with Crippen molar-refractivity contribution in [3.05, 3.63) is 36.0 Å². The van der Waals surface area contributed by atoms with Gasteiger partial charge in [-0.05, 0) is 37.4 Å². The Bertz CT molecular complexity index is 667. The van der Waals surface area contributed by atoms with Crippen molar-refractivity contribution < 1.29 is 14.6 Å². The minimum atomic E-state index is -0.577. The number of aliphatic hydroxyl groups is 1. The van der Waals surface area contributed by atoms with Crippen LogP contribution in [0.2, 0.25) is 0 Å². The number of aryl methyl sites for hydroxylation is 1. The van der Waals surface area contributed by atoms with Crippen LogP contribution in [0.15, 0.2) is 30.5 Å². The molecule has 0 amide bonds. The second-order valence-electron chi connectivity index (χ2n) is 6.25. The number of H-pyrrole nitrogens is 1. The number of esters is 1. The molecule has 1 aromatic heterocycles. The molecule has 0 aliphatic carbocycles. The molecular formula is C18H24N2O3. The van der Waals surface area contributed by atoms with Crippen molar-refractivity contribution in [2.45, 2.75) is 25.4 Å². The second kappa shape index (κ2) is 7.15. The molecule has 0 radical (unpaired) electrons. The number of benzene rings is 1. The molecule has 5 heteroatoms. The van der Waals surface area contributed by atoms with Gasteiger partial charge < -0.3 is 19.7 Å². The summed E-state index contributed by atoms with van der Waals surface area (Å²) in [4.78, 5) is 17.3. The highest BCUT2D eigenvalue weighted by Crippen LogP contribution is 2.21. The summed E-state index contributed by atoms with van der Waals surface area (Å²) in [5, 5.41) is 11.2. The lowest BCUT2D eigenvalue weighted by molar-refractivity contribution is -0.152. The molecule has 2 atom stereocenters. The molecule has 1 aromatic carbocycles. The van der Waals surface area contributed by atoms with E-state index >= 15 is 0 Å². The largest absolute Gasteiger partial charge is 0.469 e. The van der Waals surface area contributed by atoms with E-state index in [9.17, 15) is 9.90 Å². The van der Waals surface area contributed by atoms with Crippen molar-refractivity contribution in [1.29, 1.82) is 0 Å². The number of nitrogens with zero attached hydrogens (tertiary/aromatic N) is 1. The fourth-order valence-corrected chi connectivity index (χ4v) is 3.42. The summed E-state index contributed by atoms with van der Waals surface area (Å²) < 4.78 is 4.79. The molecule has 0 bridgehead atoms. The minimum Gasteiger partial charge on any atom is -0.469 e. The monoisotopic (exact) mass is 316 g/mol. The van der Waals surface area contributed by atoms with Gasteiger partial charge in [-0.2, -0.15) is 0 Å². The van der Waals surface area contributed by atoms with E-state index in [4.69, 9.17) is 4.74 Å². The van der Waals surface area contributed by atoms with Crippen LogP contribution in [-0.2, 0) is 16.0 Å². The topological polar surface area (TPSA) is 65.6 Å². The van der Waals surface area contributed by atoms with Crippen LogP contribution in [0, 0.1) is 5.92 Å². The Labute approximate surface area is 136 Å². The van der Waals surface area contributed by atoms with Gasteiger partial charge in [-0.3, -0.25) is 4.79 Å². The zero-order chi connectivity index (χ0) is 16.2. The number of likely N-dealkylation sites (tertiary alicyclic amines) is 1. The number of piperidine rings is 1. The maximum atomic E-state index is 11.7. The molecule has 2 aromatic rings. The number of rotatable bonds is 5. The summed E-state index contributed by atoms with van der Waals surface area (Å²) in [5.74, 6) is -0.722. The van der Waals surface area contributed by atoms with Gasteiger partial charge in [0.15, 0.2) is 0 Å². The van der Waals surface area contributed by atoms with Crippen LogP contribution in [0.4, 0.5) is 0 Å². The predicted molar refractivity (Wildman–Crippen MR) is 89.2 cm³/mol. The Morgan fingerprint density at radius 2 is 2.26 bits per heavy atom. The lowest BCUT2D eigenvalue weighted by atomic mass is 9.94. The number of hydrogen-bond donors (Lipinski definition) is 2. The predicted octanol–water partition coefficient (Wildman–Crippen LogP) is 1.96. The van der Waals surface area contributed by atoms with Gasteiger partial charge in [-0.25, -0.2) is 0 Å². The Kier molecular flexibility index (Phi) is 4.98. The van der Waals surface area contributed by atoms with E-state index in [0.29, 0.717) is 13.0 Å². The van der Waals surface area contributed by atoms with E-state index in [-0.39, 0.29) is 5.97 Å². The highest BCUT2D eigenvalue weighted by atomic mass is 16.5. The van der Waals surface area contributed by atoms with E-state index in [2.05, 4.69) is 34.3 Å². The summed E-state index contributed by atoms with van der Waals surface area (Å²) in [6, 6.07) is 8.33. The Morgan fingerprint density at radius 3 is 3.09 bits per heavy atom. The van der Waals surface area contributed by atoms with Gasteiger partial charge in [0.1, 0.15) is 0 Å². The number of carbonyl (C=O) groups is 1. The van der Waals surface area contributed by atoms with Crippen molar-refractivity contribution in [2.24, 2.45) is 5.92 Å². The highest BCUT2D eigenvalue weighted by molar-refractivity contribution is 5.83. The number of para-hydroxylation sites is 1. The van der Waals surface area contributed by atoms with E-state index < -0.39 is 12.0 Å². The standard InChI is InChI=1S/C18H24N2O3/c1-23-18(22)15-12-20(10-8-17(15)21)9-4-5-13-11-19-16-7-3-2-6-14(13)16/h2-3,6-7,11,15,17,19,21H,4-5,8-10,12H2,1H3/t15-,17+/m1/s1. The van der Waals surface area contributed by atoms with Crippen LogP contribution < -0.4 is 0 Å². The zero-order valence-corrected chi connectivity index (χ0v) is 13.5. The van der Waals surface area contributed by atoms with Gasteiger partial charge in [0.05, 0.1) is 19.1 Å². The average Bonchev–Trinajstić information content (AvgIpc) is 2.99. The summed E-state index contributed by atoms with van der Waals surface area (Å²) in [5.41, 5.74) is 2.51. The molecule has 2 heterocycles. The SMILES string of the molecule is COC(=O)[C@@H]1CN(CCCc2c[nH]c3ccccc23)CC[C@@H]1O. The zero-order valence-electron chi connectivity index (χ0n) is 13.5. The van der Waals surface area contributed by atoms with E-state index in [0.717, 1.165) is 25.9 Å². The number of aliphatic hydroxyl groups excluding tert-OH is 1. The summed E-state index contributed by atoms with van der Waals surface area (Å²) in [7, 11) is 1.38. The minimum absolute atomic E-state index is 0.307. The Morgan fingerprint density at radius 1 is 1.43 bits per heavy atom. The highest BCUT2D eigenvalue weighted by Gasteiger charge is 2.33. The molecule has 5 nitrogen and oxygen atoms in total. The fourth-order valence-electron chi connectivity index (χ4n) is 3.42. The summed E-state index contributed by atoms with van der Waals surface area (Å²) in [6.45, 7) is 2.35. The molecule has 1 saturated heterocycles. The molecule has 1 aliphatic heterocycles. The van der Waals surface area contributed by atoms with Gasteiger partial charge in [-0.1, -0.05) is 18.2 Å². The van der Waals surface area contributed by atoms with Gasteiger partial charge in [0.25, 0.3) is 0 Å². The number of methoxy groups -OCH3 is 1. The van der Waals surface area contributed by atoms with Crippen molar-refractivity contribution >= 4 is 16.9 Å². The van der Waals surface area contributed by atoms with E-state index in [1.807, 2.05) is 6.07 Å². The normalized spacial score (nSPS) is 22.3. The maximum absolute atomic E-state index is 11.7. The van der Waals surface area contributed by atoms with Gasteiger partial charge in [-0.15, -0.1) is 0 Å². The number of hydrogen-bond acceptors (Lipinski definition) is 4. The lowest BCUT2D eigenvalue weighted by Gasteiger charge is -2.34. The van der Waals surface area contributed by atoms with E-state index in [1.54, 1.807) is 0 Å². The van der Waals surface area contributed by atoms with Gasteiger partial charge >= 0.3 is 5.97 Å². The van der Waals surface area contributed by atoms with Crippen LogP contribution in [0.25, 0.3) is 10.9 Å². The van der Waals surface area contributed by atoms with Gasteiger partial charge in [0, 0.05) is 30.2 Å².